The number of benzene rings is 1. The lowest BCUT2D eigenvalue weighted by Gasteiger charge is -2.15. The van der Waals surface area contributed by atoms with Crippen molar-refractivity contribution < 1.29 is 9.53 Å². The molecule has 0 fully saturated rings. The summed E-state index contributed by atoms with van der Waals surface area (Å²) in [7, 11) is 1.66. The number of methoxy groups -OCH3 is 1. The third kappa shape index (κ3) is 4.88. The number of aryl methyl sites for hydroxylation is 1. The van der Waals surface area contributed by atoms with Crippen LogP contribution in [0.5, 0.6) is 0 Å². The first-order valence-corrected chi connectivity index (χ1v) is 7.65. The zero-order valence-corrected chi connectivity index (χ0v) is 13.1. The van der Waals surface area contributed by atoms with Crippen molar-refractivity contribution in [2.75, 3.05) is 13.7 Å². The van der Waals surface area contributed by atoms with Crippen LogP contribution in [-0.4, -0.2) is 19.7 Å². The molecule has 0 aliphatic heterocycles. The molecule has 4 nitrogen and oxygen atoms in total. The van der Waals surface area contributed by atoms with Gasteiger partial charge in [-0.3, -0.25) is 0 Å². The summed E-state index contributed by atoms with van der Waals surface area (Å²) in [4.78, 5) is 14.2. The molecular formula is C16H20N2O2S. The molecule has 21 heavy (non-hydrogen) atoms. The van der Waals surface area contributed by atoms with E-state index in [9.17, 15) is 4.79 Å². The van der Waals surface area contributed by atoms with Gasteiger partial charge in [-0.25, -0.2) is 4.79 Å². The van der Waals surface area contributed by atoms with E-state index in [4.69, 9.17) is 4.74 Å². The maximum absolute atomic E-state index is 11.8. The molecule has 1 aromatic heterocycles. The molecule has 0 saturated heterocycles. The number of rotatable bonds is 6. The molecule has 0 spiro atoms. The van der Waals surface area contributed by atoms with Crippen molar-refractivity contribution in [1.82, 2.24) is 10.6 Å². The Morgan fingerprint density at radius 1 is 1.19 bits per heavy atom. The largest absolute Gasteiger partial charge is 0.374 e. The van der Waals surface area contributed by atoms with Crippen molar-refractivity contribution in [3.05, 3.63) is 57.8 Å². The van der Waals surface area contributed by atoms with Gasteiger partial charge in [-0.05, 0) is 24.6 Å². The number of carbonyl (C=O) groups is 1. The van der Waals surface area contributed by atoms with Crippen LogP contribution < -0.4 is 10.6 Å². The Hall–Kier alpha value is -1.85. The fourth-order valence-corrected chi connectivity index (χ4v) is 2.91. The Morgan fingerprint density at radius 2 is 1.95 bits per heavy atom. The highest BCUT2D eigenvalue weighted by Gasteiger charge is 2.13. The van der Waals surface area contributed by atoms with Gasteiger partial charge in [-0.2, -0.15) is 0 Å². The first-order valence-electron chi connectivity index (χ1n) is 6.84. The Labute approximate surface area is 129 Å². The Kier molecular flexibility index (Phi) is 5.78. The number of hydrogen-bond acceptors (Lipinski definition) is 3. The zero-order chi connectivity index (χ0) is 15.1. The van der Waals surface area contributed by atoms with Gasteiger partial charge in [0.1, 0.15) is 6.10 Å². The normalized spacial score (nSPS) is 11.9. The van der Waals surface area contributed by atoms with Gasteiger partial charge in [-0.1, -0.05) is 30.3 Å². The molecule has 2 N–H and O–H groups in total. The van der Waals surface area contributed by atoms with E-state index in [0.717, 1.165) is 10.4 Å². The number of thiophene rings is 1. The van der Waals surface area contributed by atoms with Crippen molar-refractivity contribution in [3.63, 3.8) is 0 Å². The molecule has 0 aliphatic carbocycles. The summed E-state index contributed by atoms with van der Waals surface area (Å²) in [6, 6.07) is 13.7. The van der Waals surface area contributed by atoms with Gasteiger partial charge in [0.15, 0.2) is 0 Å². The zero-order valence-electron chi connectivity index (χ0n) is 12.3. The van der Waals surface area contributed by atoms with E-state index in [-0.39, 0.29) is 12.1 Å². The van der Waals surface area contributed by atoms with Crippen LogP contribution in [0.4, 0.5) is 4.79 Å². The van der Waals surface area contributed by atoms with Gasteiger partial charge in [0.25, 0.3) is 0 Å². The maximum atomic E-state index is 11.8. The van der Waals surface area contributed by atoms with Gasteiger partial charge in [0, 0.05) is 23.4 Å². The quantitative estimate of drug-likeness (QED) is 0.861. The summed E-state index contributed by atoms with van der Waals surface area (Å²) in [6.07, 6.45) is -0.105. The second-order valence-corrected chi connectivity index (χ2v) is 6.04. The van der Waals surface area contributed by atoms with E-state index < -0.39 is 0 Å². The van der Waals surface area contributed by atoms with Crippen LogP contribution in [0, 0.1) is 6.92 Å². The summed E-state index contributed by atoms with van der Waals surface area (Å²) in [5.74, 6) is 0. The molecule has 0 aliphatic rings. The van der Waals surface area contributed by atoms with E-state index in [1.165, 1.54) is 4.88 Å². The molecule has 1 heterocycles. The molecule has 0 radical (unpaired) electrons. The molecule has 2 aromatic rings. The fraction of sp³-hybridized carbons (Fsp3) is 0.312. The molecule has 0 saturated carbocycles. The van der Waals surface area contributed by atoms with Crippen LogP contribution in [0.2, 0.25) is 0 Å². The first-order chi connectivity index (χ1) is 10.2. The van der Waals surface area contributed by atoms with Crippen molar-refractivity contribution in [3.8, 4) is 0 Å². The Balaban J connectivity index is 1.77. The number of urea groups is 1. The van der Waals surface area contributed by atoms with Gasteiger partial charge in [0.2, 0.25) is 0 Å². The monoisotopic (exact) mass is 304 g/mol. The van der Waals surface area contributed by atoms with Gasteiger partial charge < -0.3 is 15.4 Å². The number of amides is 2. The van der Waals surface area contributed by atoms with E-state index in [1.807, 2.05) is 36.4 Å². The maximum Gasteiger partial charge on any atom is 0.315 e. The molecule has 1 atom stereocenters. The topological polar surface area (TPSA) is 50.4 Å². The molecule has 1 aromatic carbocycles. The van der Waals surface area contributed by atoms with Crippen LogP contribution >= 0.6 is 11.3 Å². The molecule has 1 unspecified atom stereocenters. The lowest BCUT2D eigenvalue weighted by atomic mass is 10.2. The molecular weight excluding hydrogens is 284 g/mol. The van der Waals surface area contributed by atoms with Crippen LogP contribution in [-0.2, 0) is 11.3 Å². The second kappa shape index (κ2) is 7.81. The van der Waals surface area contributed by atoms with E-state index >= 15 is 0 Å². The van der Waals surface area contributed by atoms with E-state index in [0.29, 0.717) is 13.1 Å². The molecule has 2 rings (SSSR count). The average molecular weight is 304 g/mol. The third-order valence-corrected chi connectivity index (χ3v) is 4.20. The number of nitrogens with one attached hydrogen (secondary N) is 2. The van der Waals surface area contributed by atoms with Crippen molar-refractivity contribution in [2.24, 2.45) is 0 Å². The van der Waals surface area contributed by atoms with Crippen LogP contribution in [0.3, 0.4) is 0 Å². The predicted molar refractivity (Wildman–Crippen MR) is 85.5 cm³/mol. The summed E-state index contributed by atoms with van der Waals surface area (Å²) in [5, 5.41) is 5.68. The summed E-state index contributed by atoms with van der Waals surface area (Å²) in [6.45, 7) is 3.03. The minimum atomic E-state index is -0.186. The number of ether oxygens (including phenoxy) is 1. The number of hydrogen-bond donors (Lipinski definition) is 2. The van der Waals surface area contributed by atoms with Gasteiger partial charge in [0.05, 0.1) is 6.54 Å². The van der Waals surface area contributed by atoms with Crippen LogP contribution in [0.15, 0.2) is 42.5 Å². The van der Waals surface area contributed by atoms with Crippen LogP contribution in [0.1, 0.15) is 21.4 Å². The van der Waals surface area contributed by atoms with Crippen molar-refractivity contribution in [2.45, 2.75) is 19.6 Å². The van der Waals surface area contributed by atoms with E-state index in [2.05, 4.69) is 23.6 Å². The fourth-order valence-electron chi connectivity index (χ4n) is 1.95. The van der Waals surface area contributed by atoms with Gasteiger partial charge in [-0.15, -0.1) is 11.3 Å². The summed E-state index contributed by atoms with van der Waals surface area (Å²) in [5.41, 5.74) is 1.07. The first kappa shape index (κ1) is 15.5. The second-order valence-electron chi connectivity index (χ2n) is 4.72. The standard InChI is InChI=1S/C16H20N2O2S/c1-12-8-9-15(21-12)14(20-2)11-18-16(19)17-10-13-6-4-3-5-7-13/h3-9,14H,10-11H2,1-2H3,(H2,17,18,19). The molecule has 2 amide bonds. The highest BCUT2D eigenvalue weighted by Crippen LogP contribution is 2.24. The summed E-state index contributed by atoms with van der Waals surface area (Å²) < 4.78 is 5.43. The van der Waals surface area contributed by atoms with Crippen LogP contribution in [0.25, 0.3) is 0 Å². The highest BCUT2D eigenvalue weighted by atomic mass is 32.1. The minimum absolute atomic E-state index is 0.105. The average Bonchev–Trinajstić information content (AvgIpc) is 2.93. The summed E-state index contributed by atoms with van der Waals surface area (Å²) >= 11 is 1.69. The lowest BCUT2D eigenvalue weighted by molar-refractivity contribution is 0.107. The Morgan fingerprint density at radius 3 is 2.57 bits per heavy atom. The van der Waals surface area contributed by atoms with E-state index in [1.54, 1.807) is 18.4 Å². The molecule has 5 heteroatoms. The lowest BCUT2D eigenvalue weighted by Crippen LogP contribution is -2.37. The SMILES string of the molecule is COC(CNC(=O)NCc1ccccc1)c1ccc(C)s1. The number of carbonyl (C=O) groups excluding carboxylic acids is 1. The van der Waals surface area contributed by atoms with Crippen molar-refractivity contribution >= 4 is 17.4 Å². The minimum Gasteiger partial charge on any atom is -0.374 e. The predicted octanol–water partition coefficient (Wildman–Crippen LogP) is 3.24. The highest BCUT2D eigenvalue weighted by molar-refractivity contribution is 7.12. The molecule has 0 bridgehead atoms. The smallest absolute Gasteiger partial charge is 0.315 e. The Bertz CT molecular complexity index is 569. The van der Waals surface area contributed by atoms with Crippen molar-refractivity contribution in [1.29, 1.82) is 0 Å². The van der Waals surface area contributed by atoms with Gasteiger partial charge >= 0.3 is 6.03 Å². The third-order valence-electron chi connectivity index (χ3n) is 3.11. The molecule has 112 valence electrons.